The SMILES string of the molecule is COc1ccc(OC)c(C(O)CNCC2CC2)c1. The molecule has 0 bridgehead atoms. The second kappa shape index (κ2) is 6.07. The lowest BCUT2D eigenvalue weighted by Crippen LogP contribution is -2.23. The lowest BCUT2D eigenvalue weighted by atomic mass is 10.1. The maximum atomic E-state index is 10.2. The smallest absolute Gasteiger partial charge is 0.124 e. The fourth-order valence-corrected chi connectivity index (χ4v) is 1.96. The largest absolute Gasteiger partial charge is 0.497 e. The van der Waals surface area contributed by atoms with Gasteiger partial charge in [-0.05, 0) is 43.5 Å². The molecule has 0 radical (unpaired) electrons. The summed E-state index contributed by atoms with van der Waals surface area (Å²) in [6, 6.07) is 5.47. The predicted molar refractivity (Wildman–Crippen MR) is 70.1 cm³/mol. The second-order valence-corrected chi connectivity index (χ2v) is 4.73. The molecular formula is C14H21NO3. The van der Waals surface area contributed by atoms with Crippen molar-refractivity contribution in [2.45, 2.75) is 18.9 Å². The number of aliphatic hydroxyl groups excluding tert-OH is 1. The molecule has 0 aromatic heterocycles. The van der Waals surface area contributed by atoms with Crippen molar-refractivity contribution >= 4 is 0 Å². The molecule has 1 atom stereocenters. The van der Waals surface area contributed by atoms with Crippen molar-refractivity contribution in [2.75, 3.05) is 27.3 Å². The first kappa shape index (κ1) is 13.2. The van der Waals surface area contributed by atoms with E-state index in [4.69, 9.17) is 9.47 Å². The topological polar surface area (TPSA) is 50.7 Å². The Labute approximate surface area is 108 Å². The molecule has 0 heterocycles. The first-order valence-corrected chi connectivity index (χ1v) is 6.35. The second-order valence-electron chi connectivity index (χ2n) is 4.73. The van der Waals surface area contributed by atoms with Gasteiger partial charge in [0.05, 0.1) is 20.3 Å². The average molecular weight is 251 g/mol. The maximum Gasteiger partial charge on any atom is 0.124 e. The summed E-state index contributed by atoms with van der Waals surface area (Å²) < 4.78 is 10.4. The van der Waals surface area contributed by atoms with E-state index >= 15 is 0 Å². The third kappa shape index (κ3) is 3.37. The van der Waals surface area contributed by atoms with E-state index in [0.29, 0.717) is 12.3 Å². The molecular weight excluding hydrogens is 230 g/mol. The summed E-state index contributed by atoms with van der Waals surface area (Å²) >= 11 is 0. The molecule has 0 amide bonds. The molecule has 1 aromatic rings. The quantitative estimate of drug-likeness (QED) is 0.775. The fourth-order valence-electron chi connectivity index (χ4n) is 1.96. The van der Waals surface area contributed by atoms with Gasteiger partial charge in [0.2, 0.25) is 0 Å². The van der Waals surface area contributed by atoms with Gasteiger partial charge in [-0.2, -0.15) is 0 Å². The van der Waals surface area contributed by atoms with E-state index in [1.165, 1.54) is 12.8 Å². The van der Waals surface area contributed by atoms with Crippen molar-refractivity contribution in [3.63, 3.8) is 0 Å². The molecule has 4 nitrogen and oxygen atoms in total. The zero-order valence-electron chi connectivity index (χ0n) is 11.0. The van der Waals surface area contributed by atoms with E-state index in [1.54, 1.807) is 14.2 Å². The van der Waals surface area contributed by atoms with Crippen LogP contribution in [-0.2, 0) is 0 Å². The number of hydrogen-bond acceptors (Lipinski definition) is 4. The maximum absolute atomic E-state index is 10.2. The minimum Gasteiger partial charge on any atom is -0.497 e. The number of ether oxygens (including phenoxy) is 2. The molecule has 0 saturated heterocycles. The molecule has 1 aliphatic carbocycles. The highest BCUT2D eigenvalue weighted by Crippen LogP contribution is 2.30. The van der Waals surface area contributed by atoms with Gasteiger partial charge >= 0.3 is 0 Å². The van der Waals surface area contributed by atoms with Crippen LogP contribution in [0.4, 0.5) is 0 Å². The third-order valence-corrected chi connectivity index (χ3v) is 3.26. The Kier molecular flexibility index (Phi) is 4.44. The Hall–Kier alpha value is -1.26. The molecule has 4 heteroatoms. The van der Waals surface area contributed by atoms with Crippen LogP contribution in [0.1, 0.15) is 24.5 Å². The third-order valence-electron chi connectivity index (χ3n) is 3.26. The van der Waals surface area contributed by atoms with Crippen LogP contribution in [0.5, 0.6) is 11.5 Å². The minimum atomic E-state index is -0.575. The zero-order chi connectivity index (χ0) is 13.0. The molecule has 1 aliphatic rings. The highest BCUT2D eigenvalue weighted by atomic mass is 16.5. The molecule has 2 N–H and O–H groups in total. The van der Waals surface area contributed by atoms with Crippen LogP contribution in [0.3, 0.4) is 0 Å². The van der Waals surface area contributed by atoms with Gasteiger partial charge in [0, 0.05) is 12.1 Å². The monoisotopic (exact) mass is 251 g/mol. The van der Waals surface area contributed by atoms with E-state index in [2.05, 4.69) is 5.32 Å². The van der Waals surface area contributed by atoms with Gasteiger partial charge in [0.25, 0.3) is 0 Å². The summed E-state index contributed by atoms with van der Waals surface area (Å²) in [6.45, 7) is 1.53. The van der Waals surface area contributed by atoms with E-state index in [1.807, 2.05) is 18.2 Å². The Balaban J connectivity index is 1.98. The number of benzene rings is 1. The predicted octanol–water partition coefficient (Wildman–Crippen LogP) is 1.74. The first-order valence-electron chi connectivity index (χ1n) is 6.35. The fraction of sp³-hybridized carbons (Fsp3) is 0.571. The molecule has 1 unspecified atom stereocenters. The number of nitrogens with one attached hydrogen (secondary N) is 1. The van der Waals surface area contributed by atoms with Crippen LogP contribution >= 0.6 is 0 Å². The van der Waals surface area contributed by atoms with Crippen LogP contribution < -0.4 is 14.8 Å². The van der Waals surface area contributed by atoms with Crippen molar-refractivity contribution in [3.05, 3.63) is 23.8 Å². The average Bonchev–Trinajstić information content (AvgIpc) is 3.22. The number of hydrogen-bond donors (Lipinski definition) is 2. The normalized spacial score (nSPS) is 16.4. The molecule has 2 rings (SSSR count). The lowest BCUT2D eigenvalue weighted by Gasteiger charge is -2.16. The van der Waals surface area contributed by atoms with Crippen molar-refractivity contribution in [1.29, 1.82) is 0 Å². The Morgan fingerprint density at radius 2 is 2.11 bits per heavy atom. The van der Waals surface area contributed by atoms with Crippen LogP contribution in [0.15, 0.2) is 18.2 Å². The summed E-state index contributed by atoms with van der Waals surface area (Å²) in [7, 11) is 3.22. The molecule has 1 aromatic carbocycles. The first-order chi connectivity index (χ1) is 8.74. The van der Waals surface area contributed by atoms with Crippen molar-refractivity contribution < 1.29 is 14.6 Å². The van der Waals surface area contributed by atoms with Gasteiger partial charge in [-0.25, -0.2) is 0 Å². The summed E-state index contributed by atoms with van der Waals surface area (Å²) in [5, 5.41) is 13.5. The minimum absolute atomic E-state index is 0.542. The number of methoxy groups -OCH3 is 2. The Bertz CT molecular complexity index is 391. The standard InChI is InChI=1S/C14H21NO3/c1-17-11-5-6-14(18-2)12(7-11)13(16)9-15-8-10-3-4-10/h5-7,10,13,15-16H,3-4,8-9H2,1-2H3. The van der Waals surface area contributed by atoms with Crippen molar-refractivity contribution in [1.82, 2.24) is 5.32 Å². The van der Waals surface area contributed by atoms with Crippen LogP contribution in [-0.4, -0.2) is 32.4 Å². The summed E-state index contributed by atoms with van der Waals surface area (Å²) in [6.07, 6.45) is 2.05. The molecule has 1 fully saturated rings. The molecule has 0 spiro atoms. The van der Waals surface area contributed by atoms with Gasteiger partial charge in [-0.15, -0.1) is 0 Å². The summed E-state index contributed by atoms with van der Waals surface area (Å²) in [4.78, 5) is 0. The van der Waals surface area contributed by atoms with Crippen molar-refractivity contribution in [3.8, 4) is 11.5 Å². The van der Waals surface area contributed by atoms with Crippen LogP contribution in [0.25, 0.3) is 0 Å². The van der Waals surface area contributed by atoms with Gasteiger partial charge in [0.1, 0.15) is 11.5 Å². The molecule has 18 heavy (non-hydrogen) atoms. The van der Waals surface area contributed by atoms with E-state index in [9.17, 15) is 5.11 Å². The number of rotatable bonds is 7. The molecule has 100 valence electrons. The van der Waals surface area contributed by atoms with E-state index < -0.39 is 6.10 Å². The lowest BCUT2D eigenvalue weighted by molar-refractivity contribution is 0.170. The highest BCUT2D eigenvalue weighted by Gasteiger charge is 2.21. The zero-order valence-corrected chi connectivity index (χ0v) is 11.0. The van der Waals surface area contributed by atoms with Gasteiger partial charge in [0.15, 0.2) is 0 Å². The van der Waals surface area contributed by atoms with Crippen LogP contribution in [0.2, 0.25) is 0 Å². The summed E-state index contributed by atoms with van der Waals surface area (Å²) in [5.41, 5.74) is 0.764. The van der Waals surface area contributed by atoms with Gasteiger partial charge < -0.3 is 19.9 Å². The van der Waals surface area contributed by atoms with Crippen LogP contribution in [0, 0.1) is 5.92 Å². The van der Waals surface area contributed by atoms with E-state index in [-0.39, 0.29) is 0 Å². The highest BCUT2D eigenvalue weighted by molar-refractivity contribution is 5.41. The van der Waals surface area contributed by atoms with Crippen molar-refractivity contribution in [2.24, 2.45) is 5.92 Å². The van der Waals surface area contributed by atoms with Gasteiger partial charge in [-0.1, -0.05) is 0 Å². The van der Waals surface area contributed by atoms with Gasteiger partial charge in [-0.3, -0.25) is 0 Å². The van der Waals surface area contributed by atoms with E-state index in [0.717, 1.165) is 23.8 Å². The molecule has 0 aliphatic heterocycles. The number of aliphatic hydroxyl groups is 1. The summed E-state index contributed by atoms with van der Waals surface area (Å²) in [5.74, 6) is 2.23. The molecule has 1 saturated carbocycles. The Morgan fingerprint density at radius 3 is 2.72 bits per heavy atom. The Morgan fingerprint density at radius 1 is 1.33 bits per heavy atom.